The molecule has 6 heteroatoms. The Kier molecular flexibility index (Phi) is 5.43. The van der Waals surface area contributed by atoms with E-state index < -0.39 is 5.97 Å². The van der Waals surface area contributed by atoms with Gasteiger partial charge in [-0.15, -0.1) is 0 Å². The van der Waals surface area contributed by atoms with Gasteiger partial charge in [-0.3, -0.25) is 4.79 Å². The van der Waals surface area contributed by atoms with E-state index in [0.29, 0.717) is 17.7 Å². The summed E-state index contributed by atoms with van der Waals surface area (Å²) < 4.78 is 1.67. The second kappa shape index (κ2) is 8.11. The molecule has 0 saturated carbocycles. The molecule has 1 N–H and O–H groups in total. The molecule has 1 amide bonds. The van der Waals surface area contributed by atoms with Gasteiger partial charge in [-0.25, -0.2) is 4.68 Å². The summed E-state index contributed by atoms with van der Waals surface area (Å²) in [5.41, 5.74) is 2.70. The highest BCUT2D eigenvalue weighted by Crippen LogP contribution is 2.23. The van der Waals surface area contributed by atoms with Crippen LogP contribution in [-0.4, -0.2) is 28.2 Å². The first-order valence-corrected chi connectivity index (χ1v) is 8.33. The third-order valence-corrected chi connectivity index (χ3v) is 3.87. The van der Waals surface area contributed by atoms with Crippen LogP contribution in [0.5, 0.6) is 0 Å². The van der Waals surface area contributed by atoms with Crippen molar-refractivity contribution < 1.29 is 14.7 Å². The number of amides is 1. The van der Waals surface area contributed by atoms with Crippen LogP contribution in [0.15, 0.2) is 66.9 Å². The van der Waals surface area contributed by atoms with Gasteiger partial charge in [0.1, 0.15) is 5.69 Å². The molecule has 26 heavy (non-hydrogen) atoms. The highest BCUT2D eigenvalue weighted by atomic mass is 16.4. The summed E-state index contributed by atoms with van der Waals surface area (Å²) in [6, 6.07) is 19.0. The summed E-state index contributed by atoms with van der Waals surface area (Å²) >= 11 is 0. The molecule has 132 valence electrons. The van der Waals surface area contributed by atoms with Crippen LogP contribution in [0.3, 0.4) is 0 Å². The first-order chi connectivity index (χ1) is 12.6. The lowest BCUT2D eigenvalue weighted by Crippen LogP contribution is -2.27. The van der Waals surface area contributed by atoms with Crippen LogP contribution < -0.4 is 10.4 Å². The van der Waals surface area contributed by atoms with Gasteiger partial charge < -0.3 is 15.2 Å². The molecule has 0 unspecified atom stereocenters. The van der Waals surface area contributed by atoms with Crippen molar-refractivity contribution in [1.29, 1.82) is 0 Å². The molecule has 3 aromatic rings. The molecule has 1 aromatic heterocycles. The van der Waals surface area contributed by atoms with E-state index in [1.807, 2.05) is 60.7 Å². The highest BCUT2D eigenvalue weighted by Gasteiger charge is 2.18. The van der Waals surface area contributed by atoms with Crippen LogP contribution in [-0.2, 0) is 4.79 Å². The van der Waals surface area contributed by atoms with Gasteiger partial charge in [0, 0.05) is 24.3 Å². The molecule has 1 heterocycles. The number of carbonyl (C=O) groups is 2. The third-order valence-electron chi connectivity index (χ3n) is 3.87. The summed E-state index contributed by atoms with van der Waals surface area (Å²) in [6.45, 7) is 0.261. The predicted octanol–water partition coefficient (Wildman–Crippen LogP) is 1.80. The summed E-state index contributed by atoms with van der Waals surface area (Å²) in [5.74, 6) is -1.41. The number of nitrogens with one attached hydrogen (secondary N) is 1. The molecule has 2 aromatic carbocycles. The summed E-state index contributed by atoms with van der Waals surface area (Å²) in [4.78, 5) is 23.1. The molecule has 0 fully saturated rings. The molecule has 3 rings (SSSR count). The van der Waals surface area contributed by atoms with E-state index in [0.717, 1.165) is 11.3 Å². The fraction of sp³-hybridized carbons (Fsp3) is 0.150. The summed E-state index contributed by atoms with van der Waals surface area (Å²) in [5, 5.41) is 17.8. The van der Waals surface area contributed by atoms with E-state index in [9.17, 15) is 14.7 Å². The SMILES string of the molecule is O=C([O-])CCCNC(=O)c1cn(-c2ccccc2)nc1-c1ccccc1. The zero-order valence-corrected chi connectivity index (χ0v) is 14.1. The van der Waals surface area contributed by atoms with Crippen LogP contribution in [0.2, 0.25) is 0 Å². The second-order valence-corrected chi connectivity index (χ2v) is 5.77. The lowest BCUT2D eigenvalue weighted by Gasteiger charge is -2.06. The Morgan fingerprint density at radius 1 is 1.00 bits per heavy atom. The topological polar surface area (TPSA) is 87.0 Å². The smallest absolute Gasteiger partial charge is 0.255 e. The maximum atomic E-state index is 12.6. The minimum absolute atomic E-state index is 0.0882. The zero-order valence-electron chi connectivity index (χ0n) is 14.1. The number of aromatic nitrogens is 2. The van der Waals surface area contributed by atoms with Crippen molar-refractivity contribution in [2.75, 3.05) is 6.54 Å². The van der Waals surface area contributed by atoms with Crippen LogP contribution in [0, 0.1) is 0 Å². The van der Waals surface area contributed by atoms with Crippen LogP contribution in [0.4, 0.5) is 0 Å². The van der Waals surface area contributed by atoms with Crippen molar-refractivity contribution in [3.05, 3.63) is 72.4 Å². The number of carboxylic acids is 1. The van der Waals surface area contributed by atoms with Crippen molar-refractivity contribution in [3.8, 4) is 16.9 Å². The maximum absolute atomic E-state index is 12.6. The number of rotatable bonds is 7. The normalized spacial score (nSPS) is 10.5. The molecule has 0 atom stereocenters. The van der Waals surface area contributed by atoms with Gasteiger partial charge in [0.2, 0.25) is 0 Å². The fourth-order valence-corrected chi connectivity index (χ4v) is 2.59. The Labute approximate surface area is 151 Å². The lowest BCUT2D eigenvalue weighted by molar-refractivity contribution is -0.305. The molecule has 0 bridgehead atoms. The van der Waals surface area contributed by atoms with E-state index in [-0.39, 0.29) is 18.9 Å². The zero-order chi connectivity index (χ0) is 18.4. The number of aliphatic carboxylic acids is 1. The number of hydrogen-bond donors (Lipinski definition) is 1. The Morgan fingerprint density at radius 2 is 1.65 bits per heavy atom. The Hall–Kier alpha value is -3.41. The number of para-hydroxylation sites is 1. The molecule has 0 radical (unpaired) electrons. The van der Waals surface area contributed by atoms with Crippen LogP contribution >= 0.6 is 0 Å². The fourth-order valence-electron chi connectivity index (χ4n) is 2.59. The van der Waals surface area contributed by atoms with Gasteiger partial charge in [-0.1, -0.05) is 48.5 Å². The number of nitrogens with zero attached hydrogens (tertiary/aromatic N) is 2. The minimum atomic E-state index is -1.12. The molecule has 6 nitrogen and oxygen atoms in total. The third kappa shape index (κ3) is 4.16. The van der Waals surface area contributed by atoms with Gasteiger partial charge in [-0.05, 0) is 25.0 Å². The number of carboxylic acid groups (broad SMARTS) is 1. The molecule has 0 aliphatic rings. The second-order valence-electron chi connectivity index (χ2n) is 5.77. The van der Waals surface area contributed by atoms with Crippen molar-refractivity contribution in [2.45, 2.75) is 12.8 Å². The lowest BCUT2D eigenvalue weighted by atomic mass is 10.1. The van der Waals surface area contributed by atoms with Crippen molar-refractivity contribution in [1.82, 2.24) is 15.1 Å². The molecule has 0 aliphatic carbocycles. The van der Waals surface area contributed by atoms with Gasteiger partial charge in [-0.2, -0.15) is 5.10 Å². The predicted molar refractivity (Wildman–Crippen MR) is 95.6 cm³/mol. The largest absolute Gasteiger partial charge is 0.550 e. The first kappa shape index (κ1) is 17.4. The number of carbonyl (C=O) groups excluding carboxylic acids is 2. The molecular weight excluding hydrogens is 330 g/mol. The van der Waals surface area contributed by atoms with E-state index >= 15 is 0 Å². The standard InChI is InChI=1S/C20H19N3O3/c24-18(25)12-7-13-21-20(26)17-14-23(16-10-5-2-6-11-16)22-19(17)15-8-3-1-4-9-15/h1-6,8-11,14H,7,12-13H2,(H,21,26)(H,24,25)/p-1. The van der Waals surface area contributed by atoms with E-state index in [1.54, 1.807) is 10.9 Å². The number of hydrogen-bond acceptors (Lipinski definition) is 4. The van der Waals surface area contributed by atoms with E-state index in [4.69, 9.17) is 0 Å². The molecule has 0 aliphatic heterocycles. The van der Waals surface area contributed by atoms with Crippen molar-refractivity contribution >= 4 is 11.9 Å². The minimum Gasteiger partial charge on any atom is -0.550 e. The molecule has 0 saturated heterocycles. The van der Waals surface area contributed by atoms with Gasteiger partial charge in [0.15, 0.2) is 0 Å². The Balaban J connectivity index is 1.88. The number of benzene rings is 2. The van der Waals surface area contributed by atoms with Crippen LogP contribution in [0.1, 0.15) is 23.2 Å². The molecule has 0 spiro atoms. The summed E-state index contributed by atoms with van der Waals surface area (Å²) in [6.07, 6.45) is 1.92. The maximum Gasteiger partial charge on any atom is 0.255 e. The van der Waals surface area contributed by atoms with E-state index in [1.165, 1.54) is 0 Å². The van der Waals surface area contributed by atoms with Gasteiger partial charge in [0.25, 0.3) is 5.91 Å². The van der Waals surface area contributed by atoms with E-state index in [2.05, 4.69) is 10.4 Å². The van der Waals surface area contributed by atoms with Crippen molar-refractivity contribution in [2.24, 2.45) is 0 Å². The van der Waals surface area contributed by atoms with Gasteiger partial charge in [0.05, 0.1) is 11.3 Å². The van der Waals surface area contributed by atoms with Gasteiger partial charge >= 0.3 is 0 Å². The Morgan fingerprint density at radius 3 is 2.31 bits per heavy atom. The van der Waals surface area contributed by atoms with Crippen LogP contribution in [0.25, 0.3) is 16.9 Å². The monoisotopic (exact) mass is 348 g/mol. The van der Waals surface area contributed by atoms with Crippen molar-refractivity contribution in [3.63, 3.8) is 0 Å². The highest BCUT2D eigenvalue weighted by molar-refractivity contribution is 5.99. The quantitative estimate of drug-likeness (QED) is 0.660. The average Bonchev–Trinajstić information content (AvgIpc) is 3.12. The first-order valence-electron chi connectivity index (χ1n) is 8.33. The summed E-state index contributed by atoms with van der Waals surface area (Å²) in [7, 11) is 0. The average molecular weight is 348 g/mol. The molecular formula is C20H18N3O3-. The Bertz CT molecular complexity index is 889.